The summed E-state index contributed by atoms with van der Waals surface area (Å²) in [5, 5.41) is 0.744. The highest BCUT2D eigenvalue weighted by molar-refractivity contribution is 6.82. The summed E-state index contributed by atoms with van der Waals surface area (Å²) in [5.41, 5.74) is 4.36. The lowest BCUT2D eigenvalue weighted by atomic mass is 9.51. The molecule has 0 atom stereocenters. The normalized spacial score (nSPS) is 17.5. The van der Waals surface area contributed by atoms with Crippen molar-refractivity contribution < 1.29 is 17.2 Å². The quantitative estimate of drug-likeness (QED) is 0.388. The molecule has 5 rings (SSSR count). The van der Waals surface area contributed by atoms with Crippen LogP contribution in [0.4, 0.5) is 0 Å². The van der Waals surface area contributed by atoms with Crippen molar-refractivity contribution in [2.45, 2.75) is 13.7 Å². The van der Waals surface area contributed by atoms with Crippen molar-refractivity contribution in [3.05, 3.63) is 84.2 Å². The fraction of sp³-hybridized carbons (Fsp3) is 0.160. The van der Waals surface area contributed by atoms with Crippen molar-refractivity contribution in [3.8, 4) is 11.1 Å². The number of para-hydroxylation sites is 1. The second-order valence-corrected chi connectivity index (χ2v) is 7.45. The minimum Gasteiger partial charge on any atom is -0.467 e. The van der Waals surface area contributed by atoms with Crippen LogP contribution in [0.1, 0.15) is 26.2 Å². The van der Waals surface area contributed by atoms with Gasteiger partial charge >= 0.3 is 6.85 Å². The fourth-order valence-corrected chi connectivity index (χ4v) is 4.20. The number of hydrogen-bond acceptors (Lipinski definition) is 2. The zero-order valence-corrected chi connectivity index (χ0v) is 16.3. The molecule has 0 saturated carbocycles. The molecule has 3 heterocycles. The van der Waals surface area contributed by atoms with Crippen molar-refractivity contribution in [2.75, 3.05) is 7.05 Å². The third-order valence-corrected chi connectivity index (χ3v) is 5.56. The van der Waals surface area contributed by atoms with E-state index >= 15 is 0 Å². The molecule has 0 fully saturated rings. The van der Waals surface area contributed by atoms with Crippen LogP contribution < -0.4 is 15.8 Å². The monoisotopic (exact) mass is 385 g/mol. The maximum atomic E-state index is 8.15. The molecule has 0 bridgehead atoms. The SMILES string of the molecule is [2H]C([2H])([2H])C1=CN(C)B(c2cc(-c3ccccc3)c(C([2H])([2H])[2H])c[n+]2C)c2oc3ccccc3c21. The van der Waals surface area contributed by atoms with Gasteiger partial charge in [0.25, 0.3) is 0 Å². The summed E-state index contributed by atoms with van der Waals surface area (Å²) >= 11 is 0. The van der Waals surface area contributed by atoms with E-state index in [1.807, 2.05) is 72.5 Å². The van der Waals surface area contributed by atoms with Gasteiger partial charge in [-0.3, -0.25) is 0 Å². The van der Waals surface area contributed by atoms with Crippen LogP contribution in [-0.2, 0) is 7.05 Å². The number of pyridine rings is 1. The predicted molar refractivity (Wildman–Crippen MR) is 120 cm³/mol. The number of aryl methyl sites for hydroxylation is 2. The Hall–Kier alpha value is -3.27. The molecule has 0 radical (unpaired) electrons. The van der Waals surface area contributed by atoms with E-state index in [2.05, 4.69) is 0 Å². The Morgan fingerprint density at radius 3 is 2.62 bits per heavy atom. The van der Waals surface area contributed by atoms with Gasteiger partial charge in [0, 0.05) is 30.8 Å². The number of fused-ring (bicyclic) bond motifs is 3. The number of benzene rings is 2. The van der Waals surface area contributed by atoms with Crippen LogP contribution in [0, 0.1) is 6.85 Å². The van der Waals surface area contributed by atoms with Crippen molar-refractivity contribution in [1.82, 2.24) is 4.81 Å². The smallest absolute Gasteiger partial charge is 0.443 e. The summed E-state index contributed by atoms with van der Waals surface area (Å²) in [6.45, 7) is -5.09. The van der Waals surface area contributed by atoms with E-state index in [9.17, 15) is 0 Å². The Labute approximate surface area is 180 Å². The summed E-state index contributed by atoms with van der Waals surface area (Å²) < 4.78 is 56.9. The molecule has 4 heteroatoms. The maximum absolute atomic E-state index is 8.15. The Morgan fingerprint density at radius 1 is 1.03 bits per heavy atom. The molecule has 142 valence electrons. The largest absolute Gasteiger partial charge is 0.467 e. The average molecular weight is 385 g/mol. The van der Waals surface area contributed by atoms with E-state index in [0.717, 1.165) is 16.5 Å². The topological polar surface area (TPSA) is 20.3 Å². The van der Waals surface area contributed by atoms with Crippen molar-refractivity contribution in [2.24, 2.45) is 7.05 Å². The molecule has 3 nitrogen and oxygen atoms in total. The predicted octanol–water partition coefficient (Wildman–Crippen LogP) is 3.64. The Morgan fingerprint density at radius 2 is 1.83 bits per heavy atom. The van der Waals surface area contributed by atoms with Crippen molar-refractivity contribution in [1.29, 1.82) is 0 Å². The molecular weight excluding hydrogens is 355 g/mol. The lowest BCUT2D eigenvalue weighted by molar-refractivity contribution is -0.654. The number of rotatable bonds is 2. The summed E-state index contributed by atoms with van der Waals surface area (Å²) in [6, 6.07) is 18.7. The average Bonchev–Trinajstić information content (AvgIpc) is 3.17. The van der Waals surface area contributed by atoms with E-state index < -0.39 is 20.6 Å². The molecule has 1 aliphatic heterocycles. The van der Waals surface area contributed by atoms with E-state index in [-0.39, 0.29) is 11.1 Å². The van der Waals surface area contributed by atoms with E-state index in [1.165, 1.54) is 0 Å². The van der Waals surface area contributed by atoms with Crippen molar-refractivity contribution >= 4 is 34.6 Å². The second kappa shape index (κ2) is 6.66. The van der Waals surface area contributed by atoms with Gasteiger partial charge in [-0.2, -0.15) is 0 Å². The number of hydrogen-bond donors (Lipinski definition) is 0. The van der Waals surface area contributed by atoms with Gasteiger partial charge in [-0.15, -0.1) is 0 Å². The molecule has 0 amide bonds. The molecule has 0 N–H and O–H groups in total. The molecule has 0 unspecified atom stereocenters. The first kappa shape index (κ1) is 12.3. The number of furan rings is 1. The fourth-order valence-electron chi connectivity index (χ4n) is 4.20. The molecule has 0 aliphatic carbocycles. The van der Waals surface area contributed by atoms with Crippen LogP contribution in [0.3, 0.4) is 0 Å². The highest BCUT2D eigenvalue weighted by atomic mass is 16.3. The highest BCUT2D eigenvalue weighted by Crippen LogP contribution is 2.29. The molecule has 2 aromatic carbocycles. The van der Waals surface area contributed by atoms with E-state index in [1.54, 1.807) is 24.0 Å². The molecule has 29 heavy (non-hydrogen) atoms. The van der Waals surface area contributed by atoms with Gasteiger partial charge in [0.05, 0.1) is 0 Å². The zero-order chi connectivity index (χ0) is 25.1. The summed E-state index contributed by atoms with van der Waals surface area (Å²) in [5.74, 6) is 0. The summed E-state index contributed by atoms with van der Waals surface area (Å²) in [7, 11) is 3.62. The molecule has 0 spiro atoms. The molecule has 1 aliphatic rings. The Balaban J connectivity index is 1.79. The first-order valence-corrected chi connectivity index (χ1v) is 9.52. The zero-order valence-electron chi connectivity index (χ0n) is 22.3. The number of nitrogens with zero attached hydrogens (tertiary/aromatic N) is 2. The van der Waals surface area contributed by atoms with Crippen LogP contribution >= 0.6 is 0 Å². The maximum Gasteiger partial charge on any atom is 0.443 e. The molecular formula is C25H24BN2O+. The van der Waals surface area contributed by atoms with Crippen LogP contribution in [-0.4, -0.2) is 18.7 Å². The van der Waals surface area contributed by atoms with Crippen molar-refractivity contribution in [3.63, 3.8) is 0 Å². The minimum absolute atomic E-state index is 0.223. The van der Waals surface area contributed by atoms with Gasteiger partial charge in [0.15, 0.2) is 11.8 Å². The molecule has 2 aromatic heterocycles. The number of allylic oxidation sites excluding steroid dienone is 1. The summed E-state index contributed by atoms with van der Waals surface area (Å²) in [4.78, 5) is 1.82. The van der Waals surface area contributed by atoms with Gasteiger partial charge < -0.3 is 9.23 Å². The third kappa shape index (κ3) is 2.79. The van der Waals surface area contributed by atoms with E-state index in [4.69, 9.17) is 12.6 Å². The third-order valence-electron chi connectivity index (χ3n) is 5.56. The summed E-state index contributed by atoms with van der Waals surface area (Å²) in [6.07, 6.45) is 3.30. The van der Waals surface area contributed by atoms with E-state index in [0.29, 0.717) is 22.4 Å². The second-order valence-electron chi connectivity index (χ2n) is 7.45. The van der Waals surface area contributed by atoms with Crippen LogP contribution in [0.5, 0.6) is 0 Å². The Kier molecular flexibility index (Phi) is 2.83. The first-order chi connectivity index (χ1) is 16.5. The Bertz CT molecular complexity index is 1460. The van der Waals surface area contributed by atoms with Crippen LogP contribution in [0.2, 0.25) is 0 Å². The van der Waals surface area contributed by atoms with Gasteiger partial charge in [-0.05, 0) is 49.7 Å². The standard InChI is InChI=1S/C25H24BN2O/c1-17-15-27(3)23(14-21(17)19-10-6-5-7-11-19)26-25-24(18(2)16-28(26)4)20-12-8-9-13-22(20)29-25/h5-16H,1-4H3/q+1/i1D3,2D3. The lowest BCUT2D eigenvalue weighted by Crippen LogP contribution is -2.65. The van der Waals surface area contributed by atoms with Gasteiger partial charge in [0.2, 0.25) is 0 Å². The highest BCUT2D eigenvalue weighted by Gasteiger charge is 2.41. The van der Waals surface area contributed by atoms with Crippen LogP contribution in [0.25, 0.3) is 27.7 Å². The molecule has 0 saturated heterocycles. The minimum atomic E-state index is -2.33. The van der Waals surface area contributed by atoms with Gasteiger partial charge in [-0.1, -0.05) is 48.5 Å². The van der Waals surface area contributed by atoms with Crippen LogP contribution in [0.15, 0.2) is 77.5 Å². The number of aromatic nitrogens is 1. The molecule has 4 aromatic rings. The first-order valence-electron chi connectivity index (χ1n) is 12.5. The van der Waals surface area contributed by atoms with Gasteiger partial charge in [0.1, 0.15) is 18.3 Å². The lowest BCUT2D eigenvalue weighted by Gasteiger charge is -2.26. The van der Waals surface area contributed by atoms with Gasteiger partial charge in [-0.25, -0.2) is 4.57 Å².